The number of nitro benzene ring substituents is 1. The van der Waals surface area contributed by atoms with Crippen molar-refractivity contribution in [3.8, 4) is 0 Å². The van der Waals surface area contributed by atoms with Crippen LogP contribution in [0.15, 0.2) is 18.2 Å². The van der Waals surface area contributed by atoms with E-state index in [1.807, 2.05) is 11.8 Å². The Hall–Kier alpha value is -1.95. The van der Waals surface area contributed by atoms with E-state index >= 15 is 0 Å². The van der Waals surface area contributed by atoms with Gasteiger partial charge in [-0.2, -0.15) is 0 Å². The maximum Gasteiger partial charge on any atom is 0.293 e. The highest BCUT2D eigenvalue weighted by Crippen LogP contribution is 2.32. The number of aliphatic hydroxyl groups excluding tert-OH is 1. The quantitative estimate of drug-likeness (QED) is 0.519. The zero-order chi connectivity index (χ0) is 14.9. The number of Topliss-reactive ketones (excluding diaryl/α,β-unsaturated/α-hetero) is 1. The van der Waals surface area contributed by atoms with Crippen molar-refractivity contribution in [2.75, 3.05) is 18.0 Å². The minimum Gasteiger partial charge on any atom is -0.393 e. The summed E-state index contributed by atoms with van der Waals surface area (Å²) in [7, 11) is 0. The van der Waals surface area contributed by atoms with Crippen molar-refractivity contribution in [2.24, 2.45) is 5.92 Å². The first kappa shape index (κ1) is 14.5. The van der Waals surface area contributed by atoms with Crippen LogP contribution >= 0.6 is 0 Å². The molecule has 0 saturated carbocycles. The predicted molar refractivity (Wildman–Crippen MR) is 75.1 cm³/mol. The Kier molecular flexibility index (Phi) is 4.04. The number of aliphatic hydroxyl groups is 1. The van der Waals surface area contributed by atoms with Crippen molar-refractivity contribution in [1.29, 1.82) is 0 Å². The van der Waals surface area contributed by atoms with Gasteiger partial charge in [-0.15, -0.1) is 0 Å². The second kappa shape index (κ2) is 5.58. The molecule has 1 heterocycles. The predicted octanol–water partition coefficient (Wildman–Crippen LogP) is 2.00. The third kappa shape index (κ3) is 2.80. The van der Waals surface area contributed by atoms with Gasteiger partial charge in [0.2, 0.25) is 0 Å². The normalized spacial score (nSPS) is 22.6. The first-order valence-electron chi connectivity index (χ1n) is 6.62. The van der Waals surface area contributed by atoms with E-state index in [-0.39, 0.29) is 23.5 Å². The summed E-state index contributed by atoms with van der Waals surface area (Å²) in [4.78, 5) is 24.0. The molecule has 0 amide bonds. The van der Waals surface area contributed by atoms with Crippen LogP contribution in [-0.2, 0) is 0 Å². The number of anilines is 1. The fourth-order valence-electron chi connectivity index (χ4n) is 2.51. The van der Waals surface area contributed by atoms with E-state index < -0.39 is 4.92 Å². The van der Waals surface area contributed by atoms with Crippen molar-refractivity contribution < 1.29 is 14.8 Å². The van der Waals surface area contributed by atoms with Gasteiger partial charge >= 0.3 is 0 Å². The lowest BCUT2D eigenvalue weighted by Gasteiger charge is -2.35. The summed E-state index contributed by atoms with van der Waals surface area (Å²) in [5.74, 6) is -0.127. The molecule has 1 N–H and O–H groups in total. The summed E-state index contributed by atoms with van der Waals surface area (Å²) >= 11 is 0. The van der Waals surface area contributed by atoms with Crippen LogP contribution in [0.4, 0.5) is 11.4 Å². The Morgan fingerprint density at radius 1 is 1.50 bits per heavy atom. The van der Waals surface area contributed by atoms with E-state index in [1.165, 1.54) is 13.0 Å². The summed E-state index contributed by atoms with van der Waals surface area (Å²) in [5, 5.41) is 20.9. The lowest BCUT2D eigenvalue weighted by atomic mass is 9.96. The van der Waals surface area contributed by atoms with E-state index in [1.54, 1.807) is 12.1 Å². The molecule has 6 nitrogen and oxygen atoms in total. The molecule has 20 heavy (non-hydrogen) atoms. The second-order valence-corrected chi connectivity index (χ2v) is 5.30. The van der Waals surface area contributed by atoms with E-state index in [9.17, 15) is 20.0 Å². The molecule has 0 aliphatic carbocycles. The molecule has 1 aliphatic heterocycles. The Labute approximate surface area is 117 Å². The number of carbonyl (C=O) groups is 1. The highest BCUT2D eigenvalue weighted by Gasteiger charge is 2.28. The van der Waals surface area contributed by atoms with Gasteiger partial charge < -0.3 is 10.0 Å². The molecular formula is C14H18N2O4. The van der Waals surface area contributed by atoms with Crippen molar-refractivity contribution in [3.63, 3.8) is 0 Å². The van der Waals surface area contributed by atoms with Gasteiger partial charge in [-0.05, 0) is 31.4 Å². The van der Waals surface area contributed by atoms with Crippen LogP contribution in [0, 0.1) is 16.0 Å². The number of hydrogen-bond acceptors (Lipinski definition) is 5. The van der Waals surface area contributed by atoms with Crippen LogP contribution < -0.4 is 4.90 Å². The maximum atomic E-state index is 11.3. The Morgan fingerprint density at radius 3 is 2.75 bits per heavy atom. The van der Waals surface area contributed by atoms with Gasteiger partial charge in [0.05, 0.1) is 11.0 Å². The minimum atomic E-state index is -0.461. The topological polar surface area (TPSA) is 83.7 Å². The molecule has 0 spiro atoms. The van der Waals surface area contributed by atoms with Crippen molar-refractivity contribution in [2.45, 2.75) is 26.4 Å². The number of nitrogens with zero attached hydrogens (tertiary/aromatic N) is 2. The maximum absolute atomic E-state index is 11.3. The van der Waals surface area contributed by atoms with Gasteiger partial charge in [-0.1, -0.05) is 6.92 Å². The highest BCUT2D eigenvalue weighted by molar-refractivity contribution is 5.95. The van der Waals surface area contributed by atoms with Gasteiger partial charge in [0.25, 0.3) is 5.69 Å². The van der Waals surface area contributed by atoms with Gasteiger partial charge in [-0.3, -0.25) is 14.9 Å². The molecule has 1 aliphatic rings. The number of piperidine rings is 1. The number of carbonyl (C=O) groups excluding carboxylic acids is 1. The highest BCUT2D eigenvalue weighted by atomic mass is 16.6. The summed E-state index contributed by atoms with van der Waals surface area (Å²) in [6.45, 7) is 4.46. The fourth-order valence-corrected chi connectivity index (χ4v) is 2.51. The molecule has 6 heteroatoms. The summed E-state index contributed by atoms with van der Waals surface area (Å²) < 4.78 is 0. The van der Waals surface area contributed by atoms with E-state index in [4.69, 9.17) is 0 Å². The zero-order valence-corrected chi connectivity index (χ0v) is 11.6. The van der Waals surface area contributed by atoms with Gasteiger partial charge in [-0.25, -0.2) is 0 Å². The Bertz CT molecular complexity index is 544. The standard InChI is InChI=1S/C14H18N2O4/c1-9-8-15(6-5-14(9)18)12-4-3-11(10(2)17)7-13(12)16(19)20/h3-4,7,9,14,18H,5-6,8H2,1-2H3. The third-order valence-corrected chi connectivity index (χ3v) is 3.78. The van der Waals surface area contributed by atoms with Crippen molar-refractivity contribution >= 4 is 17.2 Å². The molecule has 108 valence electrons. The molecular weight excluding hydrogens is 260 g/mol. The number of ketones is 1. The SMILES string of the molecule is CC(=O)c1ccc(N2CCC(O)C(C)C2)c([N+](=O)[O-])c1. The zero-order valence-electron chi connectivity index (χ0n) is 11.6. The van der Waals surface area contributed by atoms with Crippen molar-refractivity contribution in [1.82, 2.24) is 0 Å². The second-order valence-electron chi connectivity index (χ2n) is 5.30. The minimum absolute atomic E-state index is 0.0544. The van der Waals surface area contributed by atoms with Crippen LogP contribution in [0.5, 0.6) is 0 Å². The summed E-state index contributed by atoms with van der Waals surface area (Å²) in [6.07, 6.45) is 0.231. The summed E-state index contributed by atoms with van der Waals surface area (Å²) in [6, 6.07) is 4.56. The molecule has 2 atom stereocenters. The van der Waals surface area contributed by atoms with Gasteiger partial charge in [0, 0.05) is 24.7 Å². The van der Waals surface area contributed by atoms with Crippen LogP contribution in [-0.4, -0.2) is 35.0 Å². The number of hydrogen-bond donors (Lipinski definition) is 1. The third-order valence-electron chi connectivity index (χ3n) is 3.78. The Balaban J connectivity index is 2.36. The molecule has 2 unspecified atom stereocenters. The van der Waals surface area contributed by atoms with E-state index in [2.05, 4.69) is 0 Å². The smallest absolute Gasteiger partial charge is 0.293 e. The fraction of sp³-hybridized carbons (Fsp3) is 0.500. The molecule has 1 aromatic carbocycles. The van der Waals surface area contributed by atoms with Gasteiger partial charge in [0.15, 0.2) is 5.78 Å². The lowest BCUT2D eigenvalue weighted by Crippen LogP contribution is -2.42. The van der Waals surface area contributed by atoms with Crippen molar-refractivity contribution in [3.05, 3.63) is 33.9 Å². The molecule has 0 aromatic heterocycles. The van der Waals surface area contributed by atoms with Crippen LogP contribution in [0.3, 0.4) is 0 Å². The molecule has 0 radical (unpaired) electrons. The average Bonchev–Trinajstić information content (AvgIpc) is 2.41. The monoisotopic (exact) mass is 278 g/mol. The van der Waals surface area contributed by atoms with Crippen LogP contribution in [0.1, 0.15) is 30.6 Å². The number of benzene rings is 1. The molecule has 1 fully saturated rings. The van der Waals surface area contributed by atoms with Gasteiger partial charge in [0.1, 0.15) is 5.69 Å². The number of nitro groups is 1. The summed E-state index contributed by atoms with van der Waals surface area (Å²) in [5.41, 5.74) is 0.797. The molecule has 1 aromatic rings. The van der Waals surface area contributed by atoms with E-state index in [0.717, 1.165) is 0 Å². The average molecular weight is 278 g/mol. The molecule has 0 bridgehead atoms. The Morgan fingerprint density at radius 2 is 2.20 bits per heavy atom. The lowest BCUT2D eigenvalue weighted by molar-refractivity contribution is -0.384. The van der Waals surface area contributed by atoms with Crippen LogP contribution in [0.25, 0.3) is 0 Å². The first-order chi connectivity index (χ1) is 9.40. The first-order valence-corrected chi connectivity index (χ1v) is 6.62. The molecule has 2 rings (SSSR count). The van der Waals surface area contributed by atoms with E-state index in [0.29, 0.717) is 30.8 Å². The molecule has 1 saturated heterocycles. The largest absolute Gasteiger partial charge is 0.393 e. The number of rotatable bonds is 3. The van der Waals surface area contributed by atoms with Crippen LogP contribution in [0.2, 0.25) is 0 Å².